The number of aliphatic hydroxyl groups is 4. The van der Waals surface area contributed by atoms with Crippen LogP contribution in [0.1, 0.15) is 23.5 Å². The quantitative estimate of drug-likeness (QED) is 0.603. The standard InChI is InChI=1S/C18H20Cl2O4/c19-13-5-1-11(2-6-13)15(12-3-7-14(20)8-4-12)9-16(22)18(24)17(23)10-21/h1-8,15-18,21-24H,9-10H2/t16-,17-,18-/m1/s1. The van der Waals surface area contributed by atoms with Gasteiger partial charge in [-0.3, -0.25) is 0 Å². The highest BCUT2D eigenvalue weighted by molar-refractivity contribution is 6.30. The predicted octanol–water partition coefficient (Wildman–Crippen LogP) is 2.59. The SMILES string of the molecule is OC[C@@H](O)[C@H](O)[C@H](O)CC(c1ccc(Cl)cc1)c1ccc(Cl)cc1. The van der Waals surface area contributed by atoms with E-state index in [1.807, 2.05) is 24.3 Å². The summed E-state index contributed by atoms with van der Waals surface area (Å²) < 4.78 is 0. The summed E-state index contributed by atoms with van der Waals surface area (Å²) in [6, 6.07) is 14.4. The van der Waals surface area contributed by atoms with Crippen molar-refractivity contribution in [2.45, 2.75) is 30.7 Å². The molecule has 2 rings (SSSR count). The summed E-state index contributed by atoms with van der Waals surface area (Å²) >= 11 is 11.9. The highest BCUT2D eigenvalue weighted by atomic mass is 35.5. The van der Waals surface area contributed by atoms with Crippen LogP contribution in [0.4, 0.5) is 0 Å². The van der Waals surface area contributed by atoms with E-state index in [0.717, 1.165) is 11.1 Å². The number of benzene rings is 2. The molecule has 3 atom stereocenters. The Morgan fingerprint density at radius 1 is 0.708 bits per heavy atom. The van der Waals surface area contributed by atoms with Gasteiger partial charge >= 0.3 is 0 Å². The molecule has 0 saturated carbocycles. The summed E-state index contributed by atoms with van der Waals surface area (Å²) in [6.07, 6.45) is -3.86. The largest absolute Gasteiger partial charge is 0.394 e. The summed E-state index contributed by atoms with van der Waals surface area (Å²) in [4.78, 5) is 0. The fraction of sp³-hybridized carbons (Fsp3) is 0.333. The van der Waals surface area contributed by atoms with Crippen molar-refractivity contribution in [2.24, 2.45) is 0 Å². The van der Waals surface area contributed by atoms with E-state index in [0.29, 0.717) is 10.0 Å². The van der Waals surface area contributed by atoms with Crippen molar-refractivity contribution >= 4 is 23.2 Å². The third kappa shape index (κ3) is 4.93. The topological polar surface area (TPSA) is 80.9 Å². The molecule has 0 bridgehead atoms. The van der Waals surface area contributed by atoms with Crippen LogP contribution in [-0.2, 0) is 0 Å². The van der Waals surface area contributed by atoms with E-state index in [-0.39, 0.29) is 12.3 Å². The molecule has 0 heterocycles. The zero-order valence-electron chi connectivity index (χ0n) is 12.9. The van der Waals surface area contributed by atoms with Crippen LogP contribution in [0.3, 0.4) is 0 Å². The molecule has 4 nitrogen and oxygen atoms in total. The molecule has 0 amide bonds. The van der Waals surface area contributed by atoms with E-state index in [2.05, 4.69) is 0 Å². The molecule has 0 aromatic heterocycles. The molecule has 6 heteroatoms. The maximum atomic E-state index is 10.2. The predicted molar refractivity (Wildman–Crippen MR) is 94.5 cm³/mol. The zero-order chi connectivity index (χ0) is 17.7. The van der Waals surface area contributed by atoms with Crippen molar-refractivity contribution in [1.29, 1.82) is 0 Å². The van der Waals surface area contributed by atoms with E-state index in [1.165, 1.54) is 0 Å². The van der Waals surface area contributed by atoms with Gasteiger partial charge in [0.1, 0.15) is 12.2 Å². The van der Waals surface area contributed by atoms with Gasteiger partial charge in [-0.15, -0.1) is 0 Å². The smallest absolute Gasteiger partial charge is 0.108 e. The maximum Gasteiger partial charge on any atom is 0.108 e. The maximum absolute atomic E-state index is 10.2. The van der Waals surface area contributed by atoms with Gasteiger partial charge in [0.05, 0.1) is 12.7 Å². The first-order valence-corrected chi connectivity index (χ1v) is 8.34. The van der Waals surface area contributed by atoms with E-state index < -0.39 is 24.9 Å². The minimum absolute atomic E-state index is 0.168. The van der Waals surface area contributed by atoms with Gasteiger partial charge in [0.25, 0.3) is 0 Å². The van der Waals surface area contributed by atoms with Crippen LogP contribution in [0.25, 0.3) is 0 Å². The Kier molecular flexibility index (Phi) is 7.04. The molecule has 0 spiro atoms. The lowest BCUT2D eigenvalue weighted by Gasteiger charge is -2.26. The van der Waals surface area contributed by atoms with Gasteiger partial charge in [-0.2, -0.15) is 0 Å². The molecule has 2 aromatic rings. The molecule has 0 aliphatic heterocycles. The van der Waals surface area contributed by atoms with Crippen molar-refractivity contribution < 1.29 is 20.4 Å². The van der Waals surface area contributed by atoms with Gasteiger partial charge in [0.2, 0.25) is 0 Å². The average molecular weight is 371 g/mol. The molecule has 0 aliphatic carbocycles. The minimum atomic E-state index is -1.43. The Balaban J connectivity index is 2.29. The summed E-state index contributed by atoms with van der Waals surface area (Å²) in [5, 5.41) is 39.8. The Bertz CT molecular complexity index is 585. The number of hydrogen-bond donors (Lipinski definition) is 4. The summed E-state index contributed by atoms with van der Waals surface area (Å²) in [5.74, 6) is -0.227. The molecule has 130 valence electrons. The van der Waals surface area contributed by atoms with Crippen molar-refractivity contribution in [1.82, 2.24) is 0 Å². The molecule has 0 saturated heterocycles. The molecule has 2 aromatic carbocycles. The lowest BCUT2D eigenvalue weighted by Crippen LogP contribution is -2.40. The summed E-state index contributed by atoms with van der Waals surface area (Å²) in [5.41, 5.74) is 1.82. The monoisotopic (exact) mass is 370 g/mol. The fourth-order valence-corrected chi connectivity index (χ4v) is 2.85. The minimum Gasteiger partial charge on any atom is -0.394 e. The van der Waals surface area contributed by atoms with Crippen LogP contribution in [0, 0.1) is 0 Å². The second-order valence-corrected chi connectivity index (χ2v) is 6.57. The zero-order valence-corrected chi connectivity index (χ0v) is 14.4. The van der Waals surface area contributed by atoms with Gasteiger partial charge < -0.3 is 20.4 Å². The lowest BCUT2D eigenvalue weighted by molar-refractivity contribution is -0.0791. The normalized spacial score (nSPS) is 15.3. The van der Waals surface area contributed by atoms with Gasteiger partial charge in [-0.05, 0) is 41.8 Å². The molecule has 0 fully saturated rings. The van der Waals surface area contributed by atoms with Gasteiger partial charge in [-0.1, -0.05) is 47.5 Å². The Morgan fingerprint density at radius 3 is 1.50 bits per heavy atom. The first-order chi connectivity index (χ1) is 11.4. The number of aliphatic hydroxyl groups excluding tert-OH is 4. The Hall–Kier alpha value is -1.14. The second-order valence-electron chi connectivity index (χ2n) is 5.70. The number of rotatable bonds is 7. The lowest BCUT2D eigenvalue weighted by atomic mass is 9.85. The Labute approximate surface area is 150 Å². The van der Waals surface area contributed by atoms with E-state index in [9.17, 15) is 15.3 Å². The molecule has 24 heavy (non-hydrogen) atoms. The molecule has 4 N–H and O–H groups in total. The van der Waals surface area contributed by atoms with Crippen molar-refractivity contribution in [3.05, 3.63) is 69.7 Å². The van der Waals surface area contributed by atoms with Crippen molar-refractivity contribution in [3.63, 3.8) is 0 Å². The third-order valence-electron chi connectivity index (χ3n) is 4.00. The fourth-order valence-electron chi connectivity index (χ4n) is 2.60. The molecule has 0 radical (unpaired) electrons. The molecule has 0 unspecified atom stereocenters. The number of hydrogen-bond acceptors (Lipinski definition) is 4. The van der Waals surface area contributed by atoms with Crippen molar-refractivity contribution in [2.75, 3.05) is 6.61 Å². The Morgan fingerprint density at radius 2 is 1.12 bits per heavy atom. The van der Waals surface area contributed by atoms with Crippen LogP contribution < -0.4 is 0 Å². The van der Waals surface area contributed by atoms with Crippen LogP contribution >= 0.6 is 23.2 Å². The van der Waals surface area contributed by atoms with E-state index in [1.54, 1.807) is 24.3 Å². The van der Waals surface area contributed by atoms with Crippen LogP contribution in [-0.4, -0.2) is 45.3 Å². The highest BCUT2D eigenvalue weighted by Gasteiger charge is 2.28. The first-order valence-electron chi connectivity index (χ1n) is 7.58. The number of halogens is 2. The molecular weight excluding hydrogens is 351 g/mol. The van der Waals surface area contributed by atoms with Crippen LogP contribution in [0.15, 0.2) is 48.5 Å². The van der Waals surface area contributed by atoms with Crippen molar-refractivity contribution in [3.8, 4) is 0 Å². The molecular formula is C18H20Cl2O4. The third-order valence-corrected chi connectivity index (χ3v) is 4.50. The first kappa shape index (κ1) is 19.2. The molecule has 0 aliphatic rings. The van der Waals surface area contributed by atoms with Crippen LogP contribution in [0.2, 0.25) is 10.0 Å². The summed E-state index contributed by atoms with van der Waals surface area (Å²) in [6.45, 7) is -0.620. The van der Waals surface area contributed by atoms with E-state index >= 15 is 0 Å². The van der Waals surface area contributed by atoms with Gasteiger partial charge in [0.15, 0.2) is 0 Å². The van der Waals surface area contributed by atoms with E-state index in [4.69, 9.17) is 28.3 Å². The highest BCUT2D eigenvalue weighted by Crippen LogP contribution is 2.31. The van der Waals surface area contributed by atoms with Gasteiger partial charge in [-0.25, -0.2) is 0 Å². The second kappa shape index (κ2) is 8.81. The van der Waals surface area contributed by atoms with Crippen LogP contribution in [0.5, 0.6) is 0 Å². The average Bonchev–Trinajstić information content (AvgIpc) is 2.60. The van der Waals surface area contributed by atoms with Gasteiger partial charge in [0, 0.05) is 16.0 Å². The summed E-state index contributed by atoms with van der Waals surface area (Å²) in [7, 11) is 0.